The van der Waals surface area contributed by atoms with E-state index in [0.717, 1.165) is 38.9 Å². The van der Waals surface area contributed by atoms with Crippen LogP contribution in [0.3, 0.4) is 0 Å². The van der Waals surface area contributed by atoms with Gasteiger partial charge in [-0.15, -0.1) is 10.1 Å². The van der Waals surface area contributed by atoms with Crippen molar-refractivity contribution in [2.75, 3.05) is 26.2 Å². The van der Waals surface area contributed by atoms with Crippen LogP contribution in [-0.4, -0.2) is 48.2 Å². The first-order valence-electron chi connectivity index (χ1n) is 7.87. The van der Waals surface area contributed by atoms with Crippen LogP contribution in [0.25, 0.3) is 0 Å². The van der Waals surface area contributed by atoms with Gasteiger partial charge in [0, 0.05) is 19.5 Å². The van der Waals surface area contributed by atoms with Crippen molar-refractivity contribution in [2.45, 2.75) is 52.1 Å². The molecule has 0 aromatic heterocycles. The number of carbonyl (C=O) groups is 1. The Bertz CT molecular complexity index is 334. The SMILES string of the molecule is CCN(CC)CCNC(=O)CC1CCCCC1O[N+](=O)[O-]. The first-order chi connectivity index (χ1) is 10.1. The molecule has 2 unspecified atom stereocenters. The highest BCUT2D eigenvalue weighted by molar-refractivity contribution is 5.76. The highest BCUT2D eigenvalue weighted by Gasteiger charge is 2.29. The van der Waals surface area contributed by atoms with Crippen LogP contribution >= 0.6 is 0 Å². The van der Waals surface area contributed by atoms with E-state index in [1.165, 1.54) is 0 Å². The predicted molar refractivity (Wildman–Crippen MR) is 79.2 cm³/mol. The zero-order chi connectivity index (χ0) is 15.7. The number of nitrogens with zero attached hydrogens (tertiary/aromatic N) is 2. The fraction of sp³-hybridized carbons (Fsp3) is 0.929. The van der Waals surface area contributed by atoms with Crippen molar-refractivity contribution < 1.29 is 14.7 Å². The van der Waals surface area contributed by atoms with Gasteiger partial charge in [0.2, 0.25) is 5.91 Å². The Morgan fingerprint density at radius 1 is 1.33 bits per heavy atom. The molecule has 1 rings (SSSR count). The van der Waals surface area contributed by atoms with Gasteiger partial charge in [-0.2, -0.15) is 0 Å². The maximum Gasteiger partial charge on any atom is 0.294 e. The molecule has 2 atom stereocenters. The van der Waals surface area contributed by atoms with Gasteiger partial charge in [-0.3, -0.25) is 4.79 Å². The normalized spacial score (nSPS) is 22.0. The maximum absolute atomic E-state index is 11.9. The highest BCUT2D eigenvalue weighted by Crippen LogP contribution is 2.29. The predicted octanol–water partition coefficient (Wildman–Crippen LogP) is 1.60. The quantitative estimate of drug-likeness (QED) is 0.516. The molecule has 0 heterocycles. The third kappa shape index (κ3) is 6.75. The molecule has 0 bridgehead atoms. The Hall–Kier alpha value is -1.37. The summed E-state index contributed by atoms with van der Waals surface area (Å²) in [5.74, 6) is -0.0800. The van der Waals surface area contributed by atoms with Crippen molar-refractivity contribution in [3.05, 3.63) is 10.1 Å². The summed E-state index contributed by atoms with van der Waals surface area (Å²) in [7, 11) is 0. The van der Waals surface area contributed by atoms with E-state index in [1.807, 2.05) is 0 Å². The molecule has 0 radical (unpaired) electrons. The zero-order valence-corrected chi connectivity index (χ0v) is 13.0. The summed E-state index contributed by atoms with van der Waals surface area (Å²) in [6, 6.07) is 0. The molecule has 1 N–H and O–H groups in total. The second-order valence-corrected chi connectivity index (χ2v) is 5.49. The largest absolute Gasteiger partial charge is 0.355 e. The smallest absolute Gasteiger partial charge is 0.294 e. The van der Waals surface area contributed by atoms with E-state index in [-0.39, 0.29) is 11.8 Å². The van der Waals surface area contributed by atoms with E-state index in [1.54, 1.807) is 0 Å². The number of likely N-dealkylation sites (N-methyl/N-ethyl adjacent to an activating group) is 1. The van der Waals surface area contributed by atoms with Crippen molar-refractivity contribution in [2.24, 2.45) is 5.92 Å². The maximum atomic E-state index is 11.9. The molecule has 0 aromatic rings. The number of amides is 1. The number of hydrogen-bond donors (Lipinski definition) is 1. The van der Waals surface area contributed by atoms with Crippen LogP contribution in [0.2, 0.25) is 0 Å². The molecule has 0 spiro atoms. The summed E-state index contributed by atoms with van der Waals surface area (Å²) < 4.78 is 0. The fourth-order valence-electron chi connectivity index (χ4n) is 2.86. The summed E-state index contributed by atoms with van der Waals surface area (Å²) in [4.78, 5) is 29.4. The Kier molecular flexibility index (Phi) is 8.04. The van der Waals surface area contributed by atoms with Gasteiger partial charge >= 0.3 is 0 Å². The van der Waals surface area contributed by atoms with E-state index >= 15 is 0 Å². The van der Waals surface area contributed by atoms with Crippen LogP contribution in [-0.2, 0) is 9.63 Å². The monoisotopic (exact) mass is 301 g/mol. The Morgan fingerprint density at radius 2 is 2.00 bits per heavy atom. The number of hydrogen-bond acceptors (Lipinski definition) is 5. The number of nitrogens with one attached hydrogen (secondary N) is 1. The molecule has 1 aliphatic rings. The van der Waals surface area contributed by atoms with E-state index in [4.69, 9.17) is 4.84 Å². The van der Waals surface area contributed by atoms with Crippen LogP contribution in [0.4, 0.5) is 0 Å². The fourth-order valence-corrected chi connectivity index (χ4v) is 2.86. The van der Waals surface area contributed by atoms with Gasteiger partial charge < -0.3 is 15.1 Å². The lowest BCUT2D eigenvalue weighted by Crippen LogP contribution is -2.38. The van der Waals surface area contributed by atoms with Crippen LogP contribution in [0.1, 0.15) is 46.0 Å². The topological polar surface area (TPSA) is 84.7 Å². The Balaban J connectivity index is 2.32. The zero-order valence-electron chi connectivity index (χ0n) is 13.0. The number of carbonyl (C=O) groups excluding carboxylic acids is 1. The molecule has 122 valence electrons. The third-order valence-electron chi connectivity index (χ3n) is 4.15. The highest BCUT2D eigenvalue weighted by atomic mass is 17.0. The average Bonchev–Trinajstić information content (AvgIpc) is 2.45. The minimum Gasteiger partial charge on any atom is -0.355 e. The van der Waals surface area contributed by atoms with Gasteiger partial charge in [0.15, 0.2) is 0 Å². The van der Waals surface area contributed by atoms with Crippen LogP contribution in [0.5, 0.6) is 0 Å². The lowest BCUT2D eigenvalue weighted by atomic mass is 9.84. The minimum absolute atomic E-state index is 0.0361. The van der Waals surface area contributed by atoms with Crippen molar-refractivity contribution >= 4 is 5.91 Å². The van der Waals surface area contributed by atoms with Gasteiger partial charge in [-0.1, -0.05) is 26.7 Å². The van der Waals surface area contributed by atoms with Crippen LogP contribution in [0, 0.1) is 16.0 Å². The molecule has 21 heavy (non-hydrogen) atoms. The van der Waals surface area contributed by atoms with Crippen LogP contribution in [0.15, 0.2) is 0 Å². The van der Waals surface area contributed by atoms with E-state index < -0.39 is 11.2 Å². The van der Waals surface area contributed by atoms with Crippen molar-refractivity contribution in [3.8, 4) is 0 Å². The molecule has 7 nitrogen and oxygen atoms in total. The molecule has 7 heteroatoms. The summed E-state index contributed by atoms with van der Waals surface area (Å²) in [6.07, 6.45) is 3.31. The van der Waals surface area contributed by atoms with Crippen molar-refractivity contribution in [3.63, 3.8) is 0 Å². The summed E-state index contributed by atoms with van der Waals surface area (Å²) in [5.41, 5.74) is 0. The molecule has 0 aromatic carbocycles. The molecule has 1 saturated carbocycles. The van der Waals surface area contributed by atoms with Crippen molar-refractivity contribution in [1.82, 2.24) is 10.2 Å². The lowest BCUT2D eigenvalue weighted by Gasteiger charge is -2.29. The van der Waals surface area contributed by atoms with Gasteiger partial charge in [-0.05, 0) is 31.8 Å². The number of rotatable bonds is 9. The van der Waals surface area contributed by atoms with Gasteiger partial charge in [0.05, 0.1) is 0 Å². The molecule has 1 fully saturated rings. The molecular weight excluding hydrogens is 274 g/mol. The molecule has 1 amide bonds. The first kappa shape index (κ1) is 17.7. The second kappa shape index (κ2) is 9.55. The first-order valence-corrected chi connectivity index (χ1v) is 7.87. The van der Waals surface area contributed by atoms with E-state index in [0.29, 0.717) is 19.4 Å². The second-order valence-electron chi connectivity index (χ2n) is 5.49. The molecule has 0 saturated heterocycles. The van der Waals surface area contributed by atoms with Gasteiger partial charge in [0.1, 0.15) is 6.10 Å². The minimum atomic E-state index is -0.735. The summed E-state index contributed by atoms with van der Waals surface area (Å²) in [5, 5.41) is 12.7. The standard InChI is InChI=1S/C14H27N3O4/c1-3-16(4-2)10-9-15-14(18)11-12-7-5-6-8-13(12)21-17(19)20/h12-13H,3-11H2,1-2H3,(H,15,18). The average molecular weight is 301 g/mol. The Labute approximate surface area is 126 Å². The molecule has 1 aliphatic carbocycles. The summed E-state index contributed by atoms with van der Waals surface area (Å²) >= 11 is 0. The Morgan fingerprint density at radius 3 is 2.62 bits per heavy atom. The van der Waals surface area contributed by atoms with E-state index in [2.05, 4.69) is 24.1 Å². The molecular formula is C14H27N3O4. The third-order valence-corrected chi connectivity index (χ3v) is 4.15. The lowest BCUT2D eigenvalue weighted by molar-refractivity contribution is -0.771. The van der Waals surface area contributed by atoms with E-state index in [9.17, 15) is 14.9 Å². The van der Waals surface area contributed by atoms with Gasteiger partial charge in [-0.25, -0.2) is 0 Å². The summed E-state index contributed by atoms with van der Waals surface area (Å²) in [6.45, 7) is 7.56. The van der Waals surface area contributed by atoms with Crippen LogP contribution < -0.4 is 5.32 Å². The van der Waals surface area contributed by atoms with Crippen molar-refractivity contribution in [1.29, 1.82) is 0 Å². The molecule has 0 aliphatic heterocycles. The van der Waals surface area contributed by atoms with Gasteiger partial charge in [0.25, 0.3) is 5.09 Å².